The van der Waals surface area contributed by atoms with Crippen molar-refractivity contribution in [2.75, 3.05) is 6.61 Å². The van der Waals surface area contributed by atoms with Crippen molar-refractivity contribution in [2.45, 2.75) is 26.8 Å². The Balaban J connectivity index is 1.77. The summed E-state index contributed by atoms with van der Waals surface area (Å²) in [5, 5.41) is 5.06. The van der Waals surface area contributed by atoms with E-state index in [1.165, 1.54) is 6.92 Å². The Morgan fingerprint density at radius 3 is 2.50 bits per heavy atom. The Bertz CT molecular complexity index is 907. The predicted molar refractivity (Wildman–Crippen MR) is 102 cm³/mol. The van der Waals surface area contributed by atoms with Crippen molar-refractivity contribution >= 4 is 16.7 Å². The number of fused-ring (bicyclic) bond motifs is 1. The average molecular weight is 350 g/mol. The molecule has 5 nitrogen and oxygen atoms in total. The van der Waals surface area contributed by atoms with Crippen LogP contribution in [0.15, 0.2) is 54.7 Å². The Labute approximate surface area is 153 Å². The van der Waals surface area contributed by atoms with E-state index >= 15 is 0 Å². The first-order valence-corrected chi connectivity index (χ1v) is 8.62. The number of amides is 1. The van der Waals surface area contributed by atoms with Gasteiger partial charge in [-0.3, -0.25) is 4.79 Å². The molecule has 2 aromatic carbocycles. The van der Waals surface area contributed by atoms with Crippen LogP contribution in [0.25, 0.3) is 10.8 Å². The van der Waals surface area contributed by atoms with Gasteiger partial charge in [-0.05, 0) is 54.4 Å². The number of ether oxygens (including phenoxy) is 2. The first-order chi connectivity index (χ1) is 12.5. The Kier molecular flexibility index (Phi) is 5.37. The summed E-state index contributed by atoms with van der Waals surface area (Å²) in [6.45, 7) is 6.00. The SMILES string of the molecule is CCOc1ccc(Oc2ccc3cc(C(C)NC(C)=O)ccc3c2)cn1. The van der Waals surface area contributed by atoms with Crippen LogP contribution in [0.4, 0.5) is 0 Å². The topological polar surface area (TPSA) is 60.5 Å². The van der Waals surface area contributed by atoms with Crippen LogP contribution in [-0.4, -0.2) is 17.5 Å². The highest BCUT2D eigenvalue weighted by molar-refractivity contribution is 5.85. The van der Waals surface area contributed by atoms with Gasteiger partial charge in [0.25, 0.3) is 0 Å². The first kappa shape index (κ1) is 17.7. The number of carbonyl (C=O) groups is 1. The van der Waals surface area contributed by atoms with Crippen molar-refractivity contribution in [3.05, 3.63) is 60.3 Å². The summed E-state index contributed by atoms with van der Waals surface area (Å²) in [5.74, 6) is 1.94. The molecule has 3 rings (SSSR count). The van der Waals surface area contributed by atoms with Crippen molar-refractivity contribution < 1.29 is 14.3 Å². The minimum absolute atomic E-state index is 0.0252. The van der Waals surface area contributed by atoms with Gasteiger partial charge in [-0.15, -0.1) is 0 Å². The third-order valence-corrected chi connectivity index (χ3v) is 3.99. The van der Waals surface area contributed by atoms with Gasteiger partial charge in [-0.1, -0.05) is 18.2 Å². The molecule has 3 aromatic rings. The molecule has 134 valence electrons. The molecule has 1 heterocycles. The lowest BCUT2D eigenvalue weighted by Crippen LogP contribution is -2.23. The second-order valence-corrected chi connectivity index (χ2v) is 6.06. The Morgan fingerprint density at radius 1 is 1.08 bits per heavy atom. The lowest BCUT2D eigenvalue weighted by atomic mass is 10.0. The maximum atomic E-state index is 11.2. The summed E-state index contributed by atoms with van der Waals surface area (Å²) in [6, 6.07) is 15.6. The van der Waals surface area contributed by atoms with Gasteiger partial charge < -0.3 is 14.8 Å². The summed E-state index contributed by atoms with van der Waals surface area (Å²) < 4.78 is 11.2. The number of nitrogens with zero attached hydrogens (tertiary/aromatic N) is 1. The molecule has 0 saturated heterocycles. The maximum Gasteiger partial charge on any atom is 0.217 e. The van der Waals surface area contributed by atoms with Crippen molar-refractivity contribution in [1.29, 1.82) is 0 Å². The fourth-order valence-electron chi connectivity index (χ4n) is 2.76. The first-order valence-electron chi connectivity index (χ1n) is 8.62. The van der Waals surface area contributed by atoms with Gasteiger partial charge >= 0.3 is 0 Å². The van der Waals surface area contributed by atoms with Gasteiger partial charge in [0.15, 0.2) is 0 Å². The molecule has 1 atom stereocenters. The third kappa shape index (κ3) is 4.30. The molecule has 0 spiro atoms. The summed E-state index contributed by atoms with van der Waals surface area (Å²) in [6.07, 6.45) is 1.65. The lowest BCUT2D eigenvalue weighted by molar-refractivity contribution is -0.119. The second-order valence-electron chi connectivity index (χ2n) is 6.06. The van der Waals surface area contributed by atoms with Gasteiger partial charge in [-0.2, -0.15) is 0 Å². The molecule has 0 aliphatic rings. The van der Waals surface area contributed by atoms with Crippen LogP contribution in [0.5, 0.6) is 17.4 Å². The van der Waals surface area contributed by atoms with E-state index in [0.29, 0.717) is 18.2 Å². The molecule has 0 fully saturated rings. The van der Waals surface area contributed by atoms with Crippen molar-refractivity contribution in [3.8, 4) is 17.4 Å². The van der Waals surface area contributed by atoms with E-state index in [4.69, 9.17) is 9.47 Å². The molecular formula is C21H22N2O3. The molecular weight excluding hydrogens is 328 g/mol. The fraction of sp³-hybridized carbons (Fsp3) is 0.238. The number of pyridine rings is 1. The van der Waals surface area contributed by atoms with E-state index in [9.17, 15) is 4.79 Å². The number of aromatic nitrogens is 1. The van der Waals surface area contributed by atoms with Gasteiger partial charge in [0, 0.05) is 13.0 Å². The van der Waals surface area contributed by atoms with Gasteiger partial charge in [0.05, 0.1) is 18.8 Å². The molecule has 5 heteroatoms. The number of rotatable bonds is 6. The summed E-state index contributed by atoms with van der Waals surface area (Å²) in [4.78, 5) is 15.4. The average Bonchev–Trinajstić information content (AvgIpc) is 2.62. The molecule has 26 heavy (non-hydrogen) atoms. The molecule has 0 aliphatic heterocycles. The van der Waals surface area contributed by atoms with Gasteiger partial charge in [-0.25, -0.2) is 4.98 Å². The summed E-state index contributed by atoms with van der Waals surface area (Å²) in [7, 11) is 0. The number of benzene rings is 2. The molecule has 0 radical (unpaired) electrons. The van der Waals surface area contributed by atoms with E-state index in [1.54, 1.807) is 12.3 Å². The summed E-state index contributed by atoms with van der Waals surface area (Å²) >= 11 is 0. The monoisotopic (exact) mass is 350 g/mol. The van der Waals surface area contributed by atoms with Crippen LogP contribution in [0, 0.1) is 0 Å². The third-order valence-electron chi connectivity index (χ3n) is 3.99. The van der Waals surface area contributed by atoms with Gasteiger partial charge in [0.1, 0.15) is 11.5 Å². The molecule has 1 N–H and O–H groups in total. The van der Waals surface area contributed by atoms with Crippen LogP contribution in [-0.2, 0) is 4.79 Å². The maximum absolute atomic E-state index is 11.2. The highest BCUT2D eigenvalue weighted by atomic mass is 16.5. The van der Waals surface area contributed by atoms with E-state index < -0.39 is 0 Å². The lowest BCUT2D eigenvalue weighted by Gasteiger charge is -2.14. The highest BCUT2D eigenvalue weighted by Gasteiger charge is 2.08. The van der Waals surface area contributed by atoms with Crippen LogP contribution >= 0.6 is 0 Å². The van der Waals surface area contributed by atoms with Crippen LogP contribution in [0.1, 0.15) is 32.4 Å². The minimum Gasteiger partial charge on any atom is -0.478 e. The quantitative estimate of drug-likeness (QED) is 0.704. The molecule has 0 saturated carbocycles. The van der Waals surface area contributed by atoms with Crippen molar-refractivity contribution in [2.24, 2.45) is 0 Å². The second kappa shape index (κ2) is 7.87. The normalized spacial score (nSPS) is 11.8. The fourth-order valence-corrected chi connectivity index (χ4v) is 2.76. The van der Waals surface area contributed by atoms with Crippen LogP contribution in [0.3, 0.4) is 0 Å². The zero-order chi connectivity index (χ0) is 18.5. The van der Waals surface area contributed by atoms with Crippen molar-refractivity contribution in [3.63, 3.8) is 0 Å². The molecule has 1 amide bonds. The number of carbonyl (C=O) groups excluding carboxylic acids is 1. The molecule has 0 bridgehead atoms. The van der Waals surface area contributed by atoms with Gasteiger partial charge in [0.2, 0.25) is 11.8 Å². The zero-order valence-corrected chi connectivity index (χ0v) is 15.2. The summed E-state index contributed by atoms with van der Waals surface area (Å²) in [5.41, 5.74) is 1.07. The zero-order valence-electron chi connectivity index (χ0n) is 15.2. The minimum atomic E-state index is -0.0368. The molecule has 1 aromatic heterocycles. The van der Waals surface area contributed by atoms with Crippen LogP contribution in [0.2, 0.25) is 0 Å². The largest absolute Gasteiger partial charge is 0.478 e. The van der Waals surface area contributed by atoms with E-state index in [1.807, 2.05) is 50.2 Å². The van der Waals surface area contributed by atoms with Crippen molar-refractivity contribution in [1.82, 2.24) is 10.3 Å². The Morgan fingerprint density at radius 2 is 1.81 bits per heavy atom. The predicted octanol–water partition coefficient (Wildman–Crippen LogP) is 4.62. The Hall–Kier alpha value is -3.08. The van der Waals surface area contributed by atoms with Crippen LogP contribution < -0.4 is 14.8 Å². The number of hydrogen-bond donors (Lipinski definition) is 1. The number of nitrogens with one attached hydrogen (secondary N) is 1. The molecule has 0 aliphatic carbocycles. The smallest absolute Gasteiger partial charge is 0.217 e. The molecule has 1 unspecified atom stereocenters. The number of hydrogen-bond acceptors (Lipinski definition) is 4. The standard InChI is InChI=1S/C21H22N2O3/c1-4-25-21-10-9-20(13-22-21)26-19-8-7-17-11-16(5-6-18(17)12-19)14(2)23-15(3)24/h5-14H,4H2,1-3H3,(H,23,24). The van der Waals surface area contributed by atoms with E-state index in [-0.39, 0.29) is 11.9 Å². The highest BCUT2D eigenvalue weighted by Crippen LogP contribution is 2.28. The van der Waals surface area contributed by atoms with E-state index in [2.05, 4.69) is 16.4 Å². The van der Waals surface area contributed by atoms with E-state index in [0.717, 1.165) is 22.1 Å².